The minimum atomic E-state index is -0.227. The van der Waals surface area contributed by atoms with Crippen molar-refractivity contribution < 1.29 is 13.9 Å². The van der Waals surface area contributed by atoms with Gasteiger partial charge < -0.3 is 15.4 Å². The Hall–Kier alpha value is -1.46. The van der Waals surface area contributed by atoms with Gasteiger partial charge >= 0.3 is 0 Å². The Bertz CT molecular complexity index is 535. The zero-order valence-corrected chi connectivity index (χ0v) is 14.2. The summed E-state index contributed by atoms with van der Waals surface area (Å²) >= 11 is 0. The number of ether oxygens (including phenoxy) is 1. The number of carbonyl (C=O) groups is 1. The first-order chi connectivity index (χ1) is 11.7. The summed E-state index contributed by atoms with van der Waals surface area (Å²) in [5.74, 6) is 0.523. The minimum Gasteiger partial charge on any atom is -0.381 e. The highest BCUT2D eigenvalue weighted by Gasteiger charge is 2.34. The second kappa shape index (κ2) is 8.08. The number of benzene rings is 1. The molecular formula is C19H27FN2O2. The van der Waals surface area contributed by atoms with E-state index in [2.05, 4.69) is 10.6 Å². The zero-order chi connectivity index (χ0) is 16.8. The van der Waals surface area contributed by atoms with Crippen molar-refractivity contribution in [3.8, 4) is 0 Å². The van der Waals surface area contributed by atoms with Gasteiger partial charge in [-0.2, -0.15) is 0 Å². The van der Waals surface area contributed by atoms with Crippen LogP contribution in [0.4, 0.5) is 4.39 Å². The van der Waals surface area contributed by atoms with Gasteiger partial charge in [0.25, 0.3) is 0 Å². The zero-order valence-electron chi connectivity index (χ0n) is 14.2. The van der Waals surface area contributed by atoms with Crippen LogP contribution in [-0.2, 0) is 14.9 Å². The highest BCUT2D eigenvalue weighted by Crippen LogP contribution is 2.34. The normalized spacial score (nSPS) is 23.1. The molecule has 0 aliphatic carbocycles. The molecule has 24 heavy (non-hydrogen) atoms. The minimum absolute atomic E-state index is 0.120. The van der Waals surface area contributed by atoms with Crippen molar-refractivity contribution in [1.29, 1.82) is 0 Å². The Balaban J connectivity index is 1.57. The maximum atomic E-state index is 13.2. The van der Waals surface area contributed by atoms with Gasteiger partial charge in [-0.05, 0) is 62.4 Å². The fraction of sp³-hybridized carbons (Fsp3) is 0.632. The molecule has 2 saturated heterocycles. The molecule has 0 saturated carbocycles. The molecule has 0 bridgehead atoms. The third kappa shape index (κ3) is 4.33. The number of amides is 1. The fourth-order valence-electron chi connectivity index (χ4n) is 3.79. The maximum absolute atomic E-state index is 13.2. The molecule has 2 aliphatic rings. The van der Waals surface area contributed by atoms with E-state index in [9.17, 15) is 9.18 Å². The van der Waals surface area contributed by atoms with Gasteiger partial charge in [0.1, 0.15) is 5.82 Å². The lowest BCUT2D eigenvalue weighted by Gasteiger charge is -2.38. The molecule has 2 fully saturated rings. The fourth-order valence-corrected chi connectivity index (χ4v) is 3.79. The van der Waals surface area contributed by atoms with E-state index in [1.807, 2.05) is 12.1 Å². The molecule has 1 aromatic carbocycles. The van der Waals surface area contributed by atoms with E-state index < -0.39 is 0 Å². The van der Waals surface area contributed by atoms with Crippen LogP contribution in [0, 0.1) is 11.7 Å². The topological polar surface area (TPSA) is 50.4 Å². The molecule has 0 radical (unpaired) electrons. The van der Waals surface area contributed by atoms with Gasteiger partial charge in [-0.1, -0.05) is 12.1 Å². The molecule has 132 valence electrons. The van der Waals surface area contributed by atoms with Crippen LogP contribution >= 0.6 is 0 Å². The summed E-state index contributed by atoms with van der Waals surface area (Å²) in [5.41, 5.74) is 0.948. The predicted molar refractivity (Wildman–Crippen MR) is 91.4 cm³/mol. The van der Waals surface area contributed by atoms with Crippen molar-refractivity contribution in [3.63, 3.8) is 0 Å². The molecule has 5 heteroatoms. The van der Waals surface area contributed by atoms with E-state index in [1.54, 1.807) is 0 Å². The summed E-state index contributed by atoms with van der Waals surface area (Å²) in [4.78, 5) is 12.2. The Labute approximate surface area is 143 Å². The third-order valence-electron chi connectivity index (χ3n) is 5.47. The molecule has 0 aromatic heterocycles. The number of nitrogens with one attached hydrogen (secondary N) is 2. The summed E-state index contributed by atoms with van der Waals surface area (Å²) in [6.45, 7) is 4.07. The van der Waals surface area contributed by atoms with Crippen LogP contribution in [0.2, 0.25) is 0 Å². The first-order valence-corrected chi connectivity index (χ1v) is 8.99. The Morgan fingerprint density at radius 2 is 2.04 bits per heavy atom. The van der Waals surface area contributed by atoms with Gasteiger partial charge in [0.05, 0.1) is 0 Å². The lowest BCUT2D eigenvalue weighted by Crippen LogP contribution is -2.44. The van der Waals surface area contributed by atoms with Gasteiger partial charge in [0, 0.05) is 31.6 Å². The smallest absolute Gasteiger partial charge is 0.220 e. The SMILES string of the molecule is O=C(CCC1CCNC1)NCC1(c2ccc(F)cc2)CCOCC1. The number of carbonyl (C=O) groups excluding carboxylic acids is 1. The lowest BCUT2D eigenvalue weighted by molar-refractivity contribution is -0.121. The molecule has 2 aliphatic heterocycles. The quantitative estimate of drug-likeness (QED) is 0.840. The molecular weight excluding hydrogens is 307 g/mol. The molecule has 1 amide bonds. The summed E-state index contributed by atoms with van der Waals surface area (Å²) < 4.78 is 18.7. The molecule has 4 nitrogen and oxygen atoms in total. The van der Waals surface area contributed by atoms with E-state index in [1.165, 1.54) is 18.6 Å². The van der Waals surface area contributed by atoms with E-state index in [0.717, 1.165) is 37.9 Å². The predicted octanol–water partition coefficient (Wildman–Crippen LogP) is 2.38. The molecule has 0 spiro atoms. The first kappa shape index (κ1) is 17.4. The lowest BCUT2D eigenvalue weighted by atomic mass is 9.74. The van der Waals surface area contributed by atoms with Crippen molar-refractivity contribution in [3.05, 3.63) is 35.6 Å². The van der Waals surface area contributed by atoms with Gasteiger partial charge in [-0.25, -0.2) is 4.39 Å². The summed E-state index contributed by atoms with van der Waals surface area (Å²) in [7, 11) is 0. The van der Waals surface area contributed by atoms with Crippen LogP contribution in [-0.4, -0.2) is 38.8 Å². The number of hydrogen-bond donors (Lipinski definition) is 2. The third-order valence-corrected chi connectivity index (χ3v) is 5.47. The van der Waals surface area contributed by atoms with Gasteiger partial charge in [-0.3, -0.25) is 4.79 Å². The molecule has 3 rings (SSSR count). The Morgan fingerprint density at radius 1 is 1.29 bits per heavy atom. The monoisotopic (exact) mass is 334 g/mol. The molecule has 2 heterocycles. The Kier molecular flexibility index (Phi) is 5.85. The van der Waals surface area contributed by atoms with E-state index in [-0.39, 0.29) is 17.1 Å². The molecule has 1 aromatic rings. The van der Waals surface area contributed by atoms with Crippen LogP contribution in [0.15, 0.2) is 24.3 Å². The highest BCUT2D eigenvalue weighted by atomic mass is 19.1. The number of hydrogen-bond acceptors (Lipinski definition) is 3. The van der Waals surface area contributed by atoms with Crippen molar-refractivity contribution in [2.75, 3.05) is 32.8 Å². The van der Waals surface area contributed by atoms with Crippen LogP contribution in [0.25, 0.3) is 0 Å². The molecule has 2 N–H and O–H groups in total. The molecule has 1 unspecified atom stereocenters. The number of rotatable bonds is 6. The molecule has 1 atom stereocenters. The van der Waals surface area contributed by atoms with E-state index >= 15 is 0 Å². The van der Waals surface area contributed by atoms with Crippen molar-refractivity contribution >= 4 is 5.91 Å². The van der Waals surface area contributed by atoms with Gasteiger partial charge in [0.2, 0.25) is 5.91 Å². The maximum Gasteiger partial charge on any atom is 0.220 e. The largest absolute Gasteiger partial charge is 0.381 e. The summed E-state index contributed by atoms with van der Waals surface area (Å²) in [6, 6.07) is 6.69. The van der Waals surface area contributed by atoms with Crippen molar-refractivity contribution in [1.82, 2.24) is 10.6 Å². The Morgan fingerprint density at radius 3 is 2.71 bits per heavy atom. The average molecular weight is 334 g/mol. The van der Waals surface area contributed by atoms with Crippen LogP contribution in [0.3, 0.4) is 0 Å². The standard InChI is InChI=1S/C19H27FN2O2/c20-17-4-2-16(3-5-17)19(8-11-24-12-9-19)14-22-18(23)6-1-15-7-10-21-13-15/h2-5,15,21H,1,6-14H2,(H,22,23). The van der Waals surface area contributed by atoms with Crippen LogP contribution in [0.1, 0.15) is 37.7 Å². The first-order valence-electron chi connectivity index (χ1n) is 8.99. The van der Waals surface area contributed by atoms with Gasteiger partial charge in [0.15, 0.2) is 0 Å². The van der Waals surface area contributed by atoms with Crippen molar-refractivity contribution in [2.45, 2.75) is 37.5 Å². The summed E-state index contributed by atoms with van der Waals surface area (Å²) in [5, 5.41) is 6.46. The number of halogens is 1. The average Bonchev–Trinajstić information content (AvgIpc) is 3.13. The van der Waals surface area contributed by atoms with E-state index in [4.69, 9.17) is 4.74 Å². The van der Waals surface area contributed by atoms with Crippen molar-refractivity contribution in [2.24, 2.45) is 5.92 Å². The highest BCUT2D eigenvalue weighted by molar-refractivity contribution is 5.76. The van der Waals surface area contributed by atoms with E-state index in [0.29, 0.717) is 32.1 Å². The van der Waals surface area contributed by atoms with Gasteiger partial charge in [-0.15, -0.1) is 0 Å². The summed E-state index contributed by atoms with van der Waals surface area (Å²) in [6.07, 6.45) is 4.41. The second-order valence-corrected chi connectivity index (χ2v) is 7.07. The van der Waals surface area contributed by atoms with Crippen LogP contribution < -0.4 is 10.6 Å². The second-order valence-electron chi connectivity index (χ2n) is 7.07. The van der Waals surface area contributed by atoms with Crippen LogP contribution in [0.5, 0.6) is 0 Å².